The van der Waals surface area contributed by atoms with Crippen LogP contribution >= 0.6 is 23.2 Å². The molecule has 100 valence electrons. The Kier molecular flexibility index (Phi) is 3.96. The lowest BCUT2D eigenvalue weighted by atomic mass is 9.66. The standard InChI is InChI=1S/C15H21Cl2N/c1-14(2)6-3-7-15(18,10-14)9-11-4-5-12(16)8-13(11)17/h4-5,8H,3,6-7,9-10,18H2,1-2H3. The Labute approximate surface area is 120 Å². The molecule has 0 heterocycles. The third-order valence-electron chi connectivity index (χ3n) is 3.92. The van der Waals surface area contributed by atoms with Crippen LogP contribution in [0.4, 0.5) is 0 Å². The number of halogens is 2. The fourth-order valence-corrected chi connectivity index (χ4v) is 3.72. The van der Waals surface area contributed by atoms with E-state index >= 15 is 0 Å². The minimum absolute atomic E-state index is 0.126. The molecule has 3 heteroatoms. The van der Waals surface area contributed by atoms with E-state index in [1.165, 1.54) is 12.8 Å². The van der Waals surface area contributed by atoms with Gasteiger partial charge in [-0.2, -0.15) is 0 Å². The number of rotatable bonds is 2. The Morgan fingerprint density at radius 2 is 1.94 bits per heavy atom. The fourth-order valence-electron chi connectivity index (χ4n) is 3.24. The first-order valence-corrected chi connectivity index (χ1v) is 7.28. The van der Waals surface area contributed by atoms with Gasteiger partial charge in [0.2, 0.25) is 0 Å². The molecule has 0 amide bonds. The molecule has 0 saturated heterocycles. The third-order valence-corrected chi connectivity index (χ3v) is 4.50. The molecule has 2 rings (SSSR count). The molecule has 1 aromatic rings. The van der Waals surface area contributed by atoms with Gasteiger partial charge in [0.05, 0.1) is 0 Å². The summed E-state index contributed by atoms with van der Waals surface area (Å²) in [6, 6.07) is 5.69. The van der Waals surface area contributed by atoms with Gasteiger partial charge >= 0.3 is 0 Å². The lowest BCUT2D eigenvalue weighted by Gasteiger charge is -2.43. The molecule has 0 aliphatic heterocycles. The van der Waals surface area contributed by atoms with Gasteiger partial charge in [-0.15, -0.1) is 0 Å². The van der Waals surface area contributed by atoms with Gasteiger partial charge in [-0.05, 0) is 48.8 Å². The Morgan fingerprint density at radius 3 is 2.56 bits per heavy atom. The monoisotopic (exact) mass is 285 g/mol. The predicted molar refractivity (Wildman–Crippen MR) is 79.3 cm³/mol. The number of hydrogen-bond acceptors (Lipinski definition) is 1. The number of nitrogens with two attached hydrogens (primary N) is 1. The summed E-state index contributed by atoms with van der Waals surface area (Å²) in [6.45, 7) is 4.61. The minimum atomic E-state index is -0.126. The van der Waals surface area contributed by atoms with Gasteiger partial charge in [0.1, 0.15) is 0 Å². The van der Waals surface area contributed by atoms with Crippen molar-refractivity contribution in [1.29, 1.82) is 0 Å². The first-order chi connectivity index (χ1) is 8.30. The SMILES string of the molecule is CC1(C)CCCC(N)(Cc2ccc(Cl)cc2Cl)C1. The average molecular weight is 286 g/mol. The molecule has 0 spiro atoms. The second kappa shape index (κ2) is 5.03. The minimum Gasteiger partial charge on any atom is -0.325 e. The number of benzene rings is 1. The summed E-state index contributed by atoms with van der Waals surface area (Å²) in [7, 11) is 0. The predicted octanol–water partition coefficient (Wildman–Crippen LogP) is 4.83. The second-order valence-electron chi connectivity index (χ2n) is 6.47. The van der Waals surface area contributed by atoms with Crippen LogP contribution in [0, 0.1) is 5.41 Å². The summed E-state index contributed by atoms with van der Waals surface area (Å²) in [5.41, 5.74) is 7.91. The molecule has 18 heavy (non-hydrogen) atoms. The van der Waals surface area contributed by atoms with Crippen molar-refractivity contribution in [2.45, 2.75) is 51.5 Å². The van der Waals surface area contributed by atoms with Gasteiger partial charge < -0.3 is 5.73 Å². The van der Waals surface area contributed by atoms with E-state index in [4.69, 9.17) is 28.9 Å². The van der Waals surface area contributed by atoms with Crippen LogP contribution < -0.4 is 5.73 Å². The Balaban J connectivity index is 2.17. The topological polar surface area (TPSA) is 26.0 Å². The molecule has 1 aliphatic rings. The zero-order valence-electron chi connectivity index (χ0n) is 11.1. The van der Waals surface area contributed by atoms with Crippen molar-refractivity contribution in [2.24, 2.45) is 11.1 Å². The van der Waals surface area contributed by atoms with E-state index in [0.717, 1.165) is 29.8 Å². The number of hydrogen-bond donors (Lipinski definition) is 1. The summed E-state index contributed by atoms with van der Waals surface area (Å²) in [5.74, 6) is 0. The van der Waals surface area contributed by atoms with Crippen LogP contribution in [-0.4, -0.2) is 5.54 Å². The van der Waals surface area contributed by atoms with Crippen molar-refractivity contribution in [3.8, 4) is 0 Å². The van der Waals surface area contributed by atoms with E-state index in [0.29, 0.717) is 10.4 Å². The van der Waals surface area contributed by atoms with E-state index in [9.17, 15) is 0 Å². The highest BCUT2D eigenvalue weighted by Gasteiger charge is 2.37. The summed E-state index contributed by atoms with van der Waals surface area (Å²) in [6.07, 6.45) is 5.44. The van der Waals surface area contributed by atoms with Crippen LogP contribution in [0.1, 0.15) is 45.1 Å². The van der Waals surface area contributed by atoms with Crippen LogP contribution in [0.25, 0.3) is 0 Å². The van der Waals surface area contributed by atoms with E-state index in [-0.39, 0.29) is 5.54 Å². The van der Waals surface area contributed by atoms with Crippen molar-refractivity contribution in [1.82, 2.24) is 0 Å². The van der Waals surface area contributed by atoms with Crippen LogP contribution in [0.15, 0.2) is 18.2 Å². The summed E-state index contributed by atoms with van der Waals surface area (Å²) < 4.78 is 0. The van der Waals surface area contributed by atoms with Crippen molar-refractivity contribution in [2.75, 3.05) is 0 Å². The molecule has 1 fully saturated rings. The van der Waals surface area contributed by atoms with Gasteiger partial charge in [0.15, 0.2) is 0 Å². The molecule has 1 aliphatic carbocycles. The smallest absolute Gasteiger partial charge is 0.0453 e. The molecule has 0 radical (unpaired) electrons. The molecule has 1 atom stereocenters. The lowest BCUT2D eigenvalue weighted by Crippen LogP contribution is -2.48. The molecule has 1 unspecified atom stereocenters. The molecular formula is C15H21Cl2N. The summed E-state index contributed by atoms with van der Waals surface area (Å²) in [5, 5.41) is 1.41. The molecule has 1 aromatic carbocycles. The third kappa shape index (κ3) is 3.40. The summed E-state index contributed by atoms with van der Waals surface area (Å²) in [4.78, 5) is 0. The lowest BCUT2D eigenvalue weighted by molar-refractivity contribution is 0.151. The van der Waals surface area contributed by atoms with Crippen molar-refractivity contribution in [3.63, 3.8) is 0 Å². The zero-order chi connectivity index (χ0) is 13.4. The molecule has 0 bridgehead atoms. The van der Waals surface area contributed by atoms with Crippen LogP contribution in [0.3, 0.4) is 0 Å². The molecule has 1 nitrogen and oxygen atoms in total. The zero-order valence-corrected chi connectivity index (χ0v) is 12.6. The largest absolute Gasteiger partial charge is 0.325 e. The fraction of sp³-hybridized carbons (Fsp3) is 0.600. The van der Waals surface area contributed by atoms with Gasteiger partial charge in [0, 0.05) is 15.6 Å². The van der Waals surface area contributed by atoms with Gasteiger partial charge in [0.25, 0.3) is 0 Å². The van der Waals surface area contributed by atoms with Crippen LogP contribution in [0.2, 0.25) is 10.0 Å². The maximum absolute atomic E-state index is 6.58. The van der Waals surface area contributed by atoms with Crippen molar-refractivity contribution in [3.05, 3.63) is 33.8 Å². The maximum Gasteiger partial charge on any atom is 0.0453 e. The normalized spacial score (nSPS) is 27.2. The van der Waals surface area contributed by atoms with Crippen LogP contribution in [-0.2, 0) is 6.42 Å². The van der Waals surface area contributed by atoms with E-state index in [1.807, 2.05) is 12.1 Å². The first-order valence-electron chi connectivity index (χ1n) is 6.53. The average Bonchev–Trinajstić information content (AvgIpc) is 2.20. The van der Waals surface area contributed by atoms with Crippen LogP contribution in [0.5, 0.6) is 0 Å². The van der Waals surface area contributed by atoms with E-state index < -0.39 is 0 Å². The maximum atomic E-state index is 6.58. The highest BCUT2D eigenvalue weighted by Crippen LogP contribution is 2.41. The highest BCUT2D eigenvalue weighted by molar-refractivity contribution is 6.35. The van der Waals surface area contributed by atoms with E-state index in [1.54, 1.807) is 6.07 Å². The first kappa shape index (κ1) is 14.2. The molecule has 2 N–H and O–H groups in total. The van der Waals surface area contributed by atoms with Crippen molar-refractivity contribution >= 4 is 23.2 Å². The Bertz CT molecular complexity index is 442. The van der Waals surface area contributed by atoms with Gasteiger partial charge in [-0.3, -0.25) is 0 Å². The van der Waals surface area contributed by atoms with Gasteiger partial charge in [-0.1, -0.05) is 49.5 Å². The molecule has 0 aromatic heterocycles. The van der Waals surface area contributed by atoms with Gasteiger partial charge in [-0.25, -0.2) is 0 Å². The van der Waals surface area contributed by atoms with E-state index in [2.05, 4.69) is 13.8 Å². The highest BCUT2D eigenvalue weighted by atomic mass is 35.5. The molecule has 1 saturated carbocycles. The quantitative estimate of drug-likeness (QED) is 0.827. The molecular weight excluding hydrogens is 265 g/mol. The Hall–Kier alpha value is -0.240. The Morgan fingerprint density at radius 1 is 1.22 bits per heavy atom. The second-order valence-corrected chi connectivity index (χ2v) is 7.31. The van der Waals surface area contributed by atoms with Crippen molar-refractivity contribution < 1.29 is 0 Å². The summed E-state index contributed by atoms with van der Waals surface area (Å²) >= 11 is 12.2.